The topological polar surface area (TPSA) is 57.5 Å². The maximum atomic E-state index is 10.2. The number of hydrogen-bond acceptors (Lipinski definition) is 2. The molecule has 0 amide bonds. The third-order valence-corrected chi connectivity index (χ3v) is 1.20. The summed E-state index contributed by atoms with van der Waals surface area (Å²) in [5.74, 6) is -0.609. The van der Waals surface area contributed by atoms with Crippen LogP contribution in [-0.4, -0.2) is 22.8 Å². The summed E-state index contributed by atoms with van der Waals surface area (Å²) in [6, 6.07) is 0. The molecular weight excluding hydrogens is 144 g/mol. The standard InChI is InChI=1S/C8H14O3/c1-6(2)3-7(5-9)4-8(10)11/h4,6,9H,3,5H2,1-2H3,(H,10,11)/b7-4-. The van der Waals surface area contributed by atoms with Crippen molar-refractivity contribution in [2.24, 2.45) is 5.92 Å². The average molecular weight is 158 g/mol. The number of aliphatic carboxylic acids is 1. The molecule has 0 saturated carbocycles. The summed E-state index contributed by atoms with van der Waals surface area (Å²) in [6.45, 7) is 3.79. The van der Waals surface area contributed by atoms with Gasteiger partial charge in [-0.05, 0) is 17.9 Å². The van der Waals surface area contributed by atoms with E-state index in [1.807, 2.05) is 13.8 Å². The van der Waals surface area contributed by atoms with Gasteiger partial charge in [-0.25, -0.2) is 4.79 Å². The zero-order chi connectivity index (χ0) is 8.85. The van der Waals surface area contributed by atoms with Crippen LogP contribution < -0.4 is 0 Å². The van der Waals surface area contributed by atoms with Gasteiger partial charge in [-0.1, -0.05) is 13.8 Å². The van der Waals surface area contributed by atoms with Crippen LogP contribution in [0.15, 0.2) is 11.6 Å². The van der Waals surface area contributed by atoms with E-state index in [2.05, 4.69) is 0 Å². The van der Waals surface area contributed by atoms with Crippen molar-refractivity contribution in [3.8, 4) is 0 Å². The van der Waals surface area contributed by atoms with Crippen molar-refractivity contribution < 1.29 is 15.0 Å². The van der Waals surface area contributed by atoms with Gasteiger partial charge in [0.2, 0.25) is 0 Å². The summed E-state index contributed by atoms with van der Waals surface area (Å²) < 4.78 is 0. The second-order valence-electron chi connectivity index (χ2n) is 2.90. The molecule has 0 aromatic heterocycles. The van der Waals surface area contributed by atoms with E-state index in [1.54, 1.807) is 0 Å². The first-order valence-corrected chi connectivity index (χ1v) is 3.59. The highest BCUT2D eigenvalue weighted by molar-refractivity contribution is 5.80. The molecule has 0 saturated heterocycles. The van der Waals surface area contributed by atoms with E-state index >= 15 is 0 Å². The normalized spacial score (nSPS) is 12.2. The van der Waals surface area contributed by atoms with Gasteiger partial charge in [-0.15, -0.1) is 0 Å². The molecule has 0 heterocycles. The fourth-order valence-corrected chi connectivity index (χ4v) is 0.868. The number of hydrogen-bond donors (Lipinski definition) is 2. The quantitative estimate of drug-likeness (QED) is 0.601. The SMILES string of the molecule is CC(C)C/C(=C/C(=O)O)CO. The predicted molar refractivity (Wildman–Crippen MR) is 42.3 cm³/mol. The fraction of sp³-hybridized carbons (Fsp3) is 0.625. The lowest BCUT2D eigenvalue weighted by atomic mass is 10.0. The predicted octanol–water partition coefficient (Wildman–Crippen LogP) is 1.04. The summed E-state index contributed by atoms with van der Waals surface area (Å²) in [6.07, 6.45) is 1.71. The number of aliphatic hydroxyl groups excluding tert-OH is 1. The Hall–Kier alpha value is -0.830. The first-order valence-electron chi connectivity index (χ1n) is 3.59. The third-order valence-electron chi connectivity index (χ3n) is 1.20. The highest BCUT2D eigenvalue weighted by atomic mass is 16.4. The Morgan fingerprint density at radius 3 is 2.36 bits per heavy atom. The van der Waals surface area contributed by atoms with Crippen LogP contribution in [0.25, 0.3) is 0 Å². The van der Waals surface area contributed by atoms with Crippen LogP contribution in [-0.2, 0) is 4.79 Å². The molecule has 0 aliphatic carbocycles. The Labute approximate surface area is 66.4 Å². The van der Waals surface area contributed by atoms with Crippen molar-refractivity contribution in [1.29, 1.82) is 0 Å². The Balaban J connectivity index is 4.05. The molecule has 0 radical (unpaired) electrons. The van der Waals surface area contributed by atoms with E-state index < -0.39 is 5.97 Å². The molecule has 0 bridgehead atoms. The van der Waals surface area contributed by atoms with Crippen molar-refractivity contribution in [3.63, 3.8) is 0 Å². The van der Waals surface area contributed by atoms with Crippen molar-refractivity contribution in [2.45, 2.75) is 20.3 Å². The van der Waals surface area contributed by atoms with Crippen molar-refractivity contribution in [2.75, 3.05) is 6.61 Å². The highest BCUT2D eigenvalue weighted by Gasteiger charge is 2.01. The lowest BCUT2D eigenvalue weighted by molar-refractivity contribution is -0.131. The molecule has 64 valence electrons. The first-order chi connectivity index (χ1) is 5.06. The molecule has 0 atom stereocenters. The van der Waals surface area contributed by atoms with Crippen LogP contribution >= 0.6 is 0 Å². The summed E-state index contributed by atoms with van der Waals surface area (Å²) in [7, 11) is 0. The monoisotopic (exact) mass is 158 g/mol. The van der Waals surface area contributed by atoms with Crippen molar-refractivity contribution >= 4 is 5.97 Å². The van der Waals surface area contributed by atoms with E-state index in [4.69, 9.17) is 10.2 Å². The molecule has 2 N–H and O–H groups in total. The van der Waals surface area contributed by atoms with Gasteiger partial charge in [0.25, 0.3) is 0 Å². The third kappa shape index (κ3) is 5.61. The Kier molecular flexibility index (Phi) is 4.54. The van der Waals surface area contributed by atoms with E-state index in [1.165, 1.54) is 0 Å². The Morgan fingerprint density at radius 2 is 2.09 bits per heavy atom. The molecule has 3 heteroatoms. The van der Waals surface area contributed by atoms with Gasteiger partial charge in [0.1, 0.15) is 0 Å². The average Bonchev–Trinajstić information content (AvgIpc) is 1.84. The maximum Gasteiger partial charge on any atom is 0.328 e. The zero-order valence-electron chi connectivity index (χ0n) is 6.87. The summed E-state index contributed by atoms with van der Waals surface area (Å²) in [4.78, 5) is 10.2. The molecule has 0 aliphatic heterocycles. The highest BCUT2D eigenvalue weighted by Crippen LogP contribution is 2.09. The van der Waals surface area contributed by atoms with E-state index in [0.717, 1.165) is 6.08 Å². The number of carboxylic acids is 1. The van der Waals surface area contributed by atoms with E-state index in [9.17, 15) is 4.79 Å². The summed E-state index contributed by atoms with van der Waals surface area (Å²) in [5.41, 5.74) is 0.576. The molecule has 0 aromatic carbocycles. The number of carbonyl (C=O) groups is 1. The van der Waals surface area contributed by atoms with Gasteiger partial charge >= 0.3 is 5.97 Å². The molecule has 0 aromatic rings. The number of rotatable bonds is 4. The molecule has 0 unspecified atom stereocenters. The number of carboxylic acid groups (broad SMARTS) is 1. The van der Waals surface area contributed by atoms with Crippen LogP contribution in [0.4, 0.5) is 0 Å². The van der Waals surface area contributed by atoms with Crippen LogP contribution in [0.2, 0.25) is 0 Å². The first kappa shape index (κ1) is 10.2. The largest absolute Gasteiger partial charge is 0.478 e. The molecule has 0 fully saturated rings. The lowest BCUT2D eigenvalue weighted by Gasteiger charge is -2.05. The summed E-state index contributed by atoms with van der Waals surface area (Å²) in [5, 5.41) is 17.0. The summed E-state index contributed by atoms with van der Waals surface area (Å²) >= 11 is 0. The minimum atomic E-state index is -0.991. The van der Waals surface area contributed by atoms with Gasteiger partial charge in [0, 0.05) is 6.08 Å². The second kappa shape index (κ2) is 4.91. The minimum Gasteiger partial charge on any atom is -0.478 e. The molecule has 0 spiro atoms. The van der Waals surface area contributed by atoms with Gasteiger partial charge < -0.3 is 10.2 Å². The van der Waals surface area contributed by atoms with Crippen LogP contribution in [0, 0.1) is 5.92 Å². The van der Waals surface area contributed by atoms with Gasteiger partial charge in [-0.2, -0.15) is 0 Å². The van der Waals surface area contributed by atoms with Gasteiger partial charge in [0.05, 0.1) is 6.61 Å². The Morgan fingerprint density at radius 1 is 1.55 bits per heavy atom. The fourth-order valence-electron chi connectivity index (χ4n) is 0.868. The van der Waals surface area contributed by atoms with Crippen molar-refractivity contribution in [3.05, 3.63) is 11.6 Å². The van der Waals surface area contributed by atoms with Gasteiger partial charge in [0.15, 0.2) is 0 Å². The van der Waals surface area contributed by atoms with Crippen LogP contribution in [0.3, 0.4) is 0 Å². The van der Waals surface area contributed by atoms with E-state index in [0.29, 0.717) is 17.9 Å². The molecule has 11 heavy (non-hydrogen) atoms. The zero-order valence-corrected chi connectivity index (χ0v) is 6.87. The van der Waals surface area contributed by atoms with E-state index in [-0.39, 0.29) is 6.61 Å². The minimum absolute atomic E-state index is 0.162. The Bertz CT molecular complexity index is 159. The molecule has 0 rings (SSSR count). The van der Waals surface area contributed by atoms with Crippen LogP contribution in [0.1, 0.15) is 20.3 Å². The second-order valence-corrected chi connectivity index (χ2v) is 2.90. The molecule has 0 aliphatic rings. The van der Waals surface area contributed by atoms with Crippen LogP contribution in [0.5, 0.6) is 0 Å². The molecule has 3 nitrogen and oxygen atoms in total. The molecular formula is C8H14O3. The van der Waals surface area contributed by atoms with Crippen molar-refractivity contribution in [1.82, 2.24) is 0 Å². The maximum absolute atomic E-state index is 10.2. The lowest BCUT2D eigenvalue weighted by Crippen LogP contribution is -2.00. The number of aliphatic hydroxyl groups is 1. The van der Waals surface area contributed by atoms with Gasteiger partial charge in [-0.3, -0.25) is 0 Å². The smallest absolute Gasteiger partial charge is 0.328 e.